The molecule has 0 bridgehead atoms. The van der Waals surface area contributed by atoms with Gasteiger partial charge < -0.3 is 5.73 Å². The number of carbonyl (C=O) groups is 1. The molecule has 0 aliphatic heterocycles. The van der Waals surface area contributed by atoms with Crippen molar-refractivity contribution >= 4 is 5.91 Å². The molecule has 2 aromatic carbocycles. The smallest absolute Gasteiger partial charge is 0.267 e. The lowest BCUT2D eigenvalue weighted by Gasteiger charge is -2.09. The monoisotopic (exact) mass is 305 g/mol. The van der Waals surface area contributed by atoms with E-state index >= 15 is 0 Å². The second kappa shape index (κ2) is 6.08. The molecular weight excluding hydrogens is 286 g/mol. The summed E-state index contributed by atoms with van der Waals surface area (Å²) in [5.74, 6) is -0.459. The van der Waals surface area contributed by atoms with Crippen molar-refractivity contribution in [3.8, 4) is 11.1 Å². The normalized spacial score (nSPS) is 10.7. The Morgan fingerprint density at radius 3 is 2.35 bits per heavy atom. The Morgan fingerprint density at radius 2 is 1.70 bits per heavy atom. The van der Waals surface area contributed by atoms with E-state index in [1.54, 1.807) is 4.68 Å². The zero-order chi connectivity index (χ0) is 16.4. The van der Waals surface area contributed by atoms with Gasteiger partial charge in [0.1, 0.15) is 5.69 Å². The highest BCUT2D eigenvalue weighted by atomic mass is 16.1. The van der Waals surface area contributed by atoms with Crippen molar-refractivity contribution in [1.82, 2.24) is 9.78 Å². The Balaban J connectivity index is 2.15. The van der Waals surface area contributed by atoms with Crippen LogP contribution in [0.15, 0.2) is 54.6 Å². The topological polar surface area (TPSA) is 60.9 Å². The number of aromatic nitrogens is 2. The maximum absolute atomic E-state index is 12.1. The highest BCUT2D eigenvalue weighted by Crippen LogP contribution is 2.30. The Labute approximate surface area is 135 Å². The lowest BCUT2D eigenvalue weighted by molar-refractivity contribution is 0.0991. The third kappa shape index (κ3) is 2.88. The van der Waals surface area contributed by atoms with Crippen molar-refractivity contribution in [1.29, 1.82) is 0 Å². The lowest BCUT2D eigenvalue weighted by atomic mass is 9.98. The quantitative estimate of drug-likeness (QED) is 0.804. The fraction of sp³-hybridized carbons (Fsp3) is 0.158. The molecule has 0 unspecified atom stereocenters. The molecule has 4 heteroatoms. The van der Waals surface area contributed by atoms with Crippen LogP contribution in [-0.4, -0.2) is 15.7 Å². The number of hydrogen-bond acceptors (Lipinski definition) is 2. The van der Waals surface area contributed by atoms with Gasteiger partial charge in [-0.15, -0.1) is 0 Å². The SMILES string of the molecule is Cc1ccccc1-c1c(C)nn(Cc2ccccc2)c1C(N)=O. The van der Waals surface area contributed by atoms with E-state index in [-0.39, 0.29) is 0 Å². The van der Waals surface area contributed by atoms with Crippen LogP contribution in [0, 0.1) is 13.8 Å². The van der Waals surface area contributed by atoms with Crippen molar-refractivity contribution in [2.45, 2.75) is 20.4 Å². The number of primary amides is 1. The standard InChI is InChI=1S/C19H19N3O/c1-13-8-6-7-11-16(13)17-14(2)21-22(18(17)19(20)23)12-15-9-4-3-5-10-15/h3-11H,12H2,1-2H3,(H2,20,23). The van der Waals surface area contributed by atoms with Gasteiger partial charge in [-0.05, 0) is 30.5 Å². The van der Waals surface area contributed by atoms with E-state index in [1.807, 2.05) is 68.4 Å². The maximum atomic E-state index is 12.1. The van der Waals surface area contributed by atoms with Gasteiger partial charge in [-0.3, -0.25) is 9.48 Å². The Hall–Kier alpha value is -2.88. The molecule has 0 saturated carbocycles. The summed E-state index contributed by atoms with van der Waals surface area (Å²) in [7, 11) is 0. The van der Waals surface area contributed by atoms with Crippen molar-refractivity contribution in [3.63, 3.8) is 0 Å². The number of amides is 1. The molecule has 0 aliphatic rings. The molecule has 0 radical (unpaired) electrons. The van der Waals surface area contributed by atoms with Gasteiger partial charge in [0.05, 0.1) is 12.2 Å². The van der Waals surface area contributed by atoms with Gasteiger partial charge in [0.2, 0.25) is 0 Å². The van der Waals surface area contributed by atoms with Crippen LogP contribution in [0.25, 0.3) is 11.1 Å². The summed E-state index contributed by atoms with van der Waals surface area (Å²) in [6.07, 6.45) is 0. The highest BCUT2D eigenvalue weighted by molar-refractivity contribution is 5.99. The van der Waals surface area contributed by atoms with Crippen molar-refractivity contribution in [2.75, 3.05) is 0 Å². The minimum Gasteiger partial charge on any atom is -0.364 e. The zero-order valence-electron chi connectivity index (χ0n) is 13.3. The predicted molar refractivity (Wildman–Crippen MR) is 91.2 cm³/mol. The third-order valence-electron chi connectivity index (χ3n) is 3.95. The minimum absolute atomic E-state index is 0.459. The van der Waals surface area contributed by atoms with E-state index in [2.05, 4.69) is 5.10 Å². The molecule has 0 atom stereocenters. The molecule has 2 N–H and O–H groups in total. The molecule has 1 heterocycles. The van der Waals surface area contributed by atoms with Gasteiger partial charge in [0.25, 0.3) is 5.91 Å². The van der Waals surface area contributed by atoms with Gasteiger partial charge in [0, 0.05) is 5.56 Å². The second-order valence-electron chi connectivity index (χ2n) is 5.63. The molecule has 0 spiro atoms. The molecule has 0 aliphatic carbocycles. The van der Waals surface area contributed by atoms with E-state index in [9.17, 15) is 4.79 Å². The predicted octanol–water partition coefficient (Wildman–Crippen LogP) is 3.31. The van der Waals surface area contributed by atoms with Crippen LogP contribution in [-0.2, 0) is 6.54 Å². The highest BCUT2D eigenvalue weighted by Gasteiger charge is 2.22. The Bertz CT molecular complexity index is 850. The summed E-state index contributed by atoms with van der Waals surface area (Å²) in [5.41, 5.74) is 10.9. The molecule has 3 rings (SSSR count). The fourth-order valence-corrected chi connectivity index (χ4v) is 2.88. The van der Waals surface area contributed by atoms with Crippen molar-refractivity contribution in [2.24, 2.45) is 5.73 Å². The van der Waals surface area contributed by atoms with Gasteiger partial charge in [-0.25, -0.2) is 0 Å². The summed E-state index contributed by atoms with van der Waals surface area (Å²) in [6.45, 7) is 4.45. The molecule has 0 fully saturated rings. The molecule has 4 nitrogen and oxygen atoms in total. The average Bonchev–Trinajstić information content (AvgIpc) is 2.85. The minimum atomic E-state index is -0.459. The summed E-state index contributed by atoms with van der Waals surface area (Å²) in [6, 6.07) is 17.9. The lowest BCUT2D eigenvalue weighted by Crippen LogP contribution is -2.19. The first-order chi connectivity index (χ1) is 11.1. The molecule has 1 amide bonds. The van der Waals surface area contributed by atoms with E-state index in [0.717, 1.165) is 27.9 Å². The number of carbonyl (C=O) groups excluding carboxylic acids is 1. The van der Waals surface area contributed by atoms with Gasteiger partial charge in [-0.2, -0.15) is 5.10 Å². The number of aryl methyl sites for hydroxylation is 2. The number of rotatable bonds is 4. The van der Waals surface area contributed by atoms with Gasteiger partial charge in [-0.1, -0.05) is 54.6 Å². The molecule has 0 saturated heterocycles. The zero-order valence-corrected chi connectivity index (χ0v) is 13.3. The summed E-state index contributed by atoms with van der Waals surface area (Å²) >= 11 is 0. The van der Waals surface area contributed by atoms with E-state index in [0.29, 0.717) is 12.2 Å². The summed E-state index contributed by atoms with van der Waals surface area (Å²) in [5, 5.41) is 4.56. The van der Waals surface area contributed by atoms with Crippen LogP contribution in [0.3, 0.4) is 0 Å². The summed E-state index contributed by atoms with van der Waals surface area (Å²) < 4.78 is 1.70. The van der Waals surface area contributed by atoms with E-state index in [1.165, 1.54) is 0 Å². The van der Waals surface area contributed by atoms with E-state index < -0.39 is 5.91 Å². The number of nitrogens with zero attached hydrogens (tertiary/aromatic N) is 2. The Morgan fingerprint density at radius 1 is 1.04 bits per heavy atom. The number of hydrogen-bond donors (Lipinski definition) is 1. The first kappa shape index (κ1) is 15.0. The number of nitrogens with two attached hydrogens (primary N) is 1. The first-order valence-electron chi connectivity index (χ1n) is 7.55. The van der Waals surface area contributed by atoms with Crippen molar-refractivity contribution < 1.29 is 4.79 Å². The Kier molecular flexibility index (Phi) is 3.98. The van der Waals surface area contributed by atoms with Crippen molar-refractivity contribution in [3.05, 3.63) is 77.1 Å². The molecular formula is C19H19N3O. The van der Waals surface area contributed by atoms with Crippen LogP contribution in [0.5, 0.6) is 0 Å². The molecule has 23 heavy (non-hydrogen) atoms. The molecule has 116 valence electrons. The average molecular weight is 305 g/mol. The summed E-state index contributed by atoms with van der Waals surface area (Å²) in [4.78, 5) is 12.1. The first-order valence-corrected chi connectivity index (χ1v) is 7.55. The third-order valence-corrected chi connectivity index (χ3v) is 3.95. The van der Waals surface area contributed by atoms with Crippen LogP contribution in [0.4, 0.5) is 0 Å². The molecule has 1 aromatic heterocycles. The van der Waals surface area contributed by atoms with Gasteiger partial charge in [0.15, 0.2) is 0 Å². The van der Waals surface area contributed by atoms with Crippen LogP contribution < -0.4 is 5.73 Å². The second-order valence-corrected chi connectivity index (χ2v) is 5.63. The van der Waals surface area contributed by atoms with Gasteiger partial charge >= 0.3 is 0 Å². The largest absolute Gasteiger partial charge is 0.364 e. The fourth-order valence-electron chi connectivity index (χ4n) is 2.88. The molecule has 3 aromatic rings. The van der Waals surface area contributed by atoms with Crippen LogP contribution >= 0.6 is 0 Å². The van der Waals surface area contributed by atoms with Crippen LogP contribution in [0.2, 0.25) is 0 Å². The number of benzene rings is 2. The van der Waals surface area contributed by atoms with Crippen LogP contribution in [0.1, 0.15) is 27.3 Å². The maximum Gasteiger partial charge on any atom is 0.267 e. The van der Waals surface area contributed by atoms with E-state index in [4.69, 9.17) is 5.73 Å².